The van der Waals surface area contributed by atoms with Crippen LogP contribution in [0.5, 0.6) is 0 Å². The zero-order valence-electron chi connectivity index (χ0n) is 7.46. The summed E-state index contributed by atoms with van der Waals surface area (Å²) < 4.78 is 21.4. The third-order valence-corrected chi connectivity index (χ3v) is 3.18. The maximum absolute atomic E-state index is 10.7. The topological polar surface area (TPSA) is 34.1 Å². The number of hydrogen-bond donors (Lipinski definition) is 0. The summed E-state index contributed by atoms with van der Waals surface area (Å²) in [5, 5.41) is 0. The van der Waals surface area contributed by atoms with Gasteiger partial charge in [-0.1, -0.05) is 18.6 Å². The van der Waals surface area contributed by atoms with Crippen molar-refractivity contribution in [2.75, 3.05) is 0 Å². The summed E-state index contributed by atoms with van der Waals surface area (Å²) in [6.45, 7) is 5.41. The van der Waals surface area contributed by atoms with Crippen LogP contribution >= 0.6 is 10.7 Å². The van der Waals surface area contributed by atoms with Crippen LogP contribution in [-0.4, -0.2) is 8.42 Å². The Morgan fingerprint density at radius 3 is 2.17 bits per heavy atom. The van der Waals surface area contributed by atoms with E-state index in [1.54, 1.807) is 6.08 Å². The van der Waals surface area contributed by atoms with E-state index >= 15 is 0 Å². The van der Waals surface area contributed by atoms with Crippen LogP contribution < -0.4 is 0 Å². The predicted molar refractivity (Wildman–Crippen MR) is 52.6 cm³/mol. The van der Waals surface area contributed by atoms with Crippen LogP contribution in [0.1, 0.15) is 27.2 Å². The van der Waals surface area contributed by atoms with Crippen molar-refractivity contribution < 1.29 is 8.42 Å². The van der Waals surface area contributed by atoms with Gasteiger partial charge in [0.25, 0.3) is 9.05 Å². The second kappa shape index (κ2) is 4.67. The molecule has 0 atom stereocenters. The number of allylic oxidation sites excluding steroid dienone is 4. The molecule has 0 spiro atoms. The van der Waals surface area contributed by atoms with Crippen molar-refractivity contribution in [1.82, 2.24) is 0 Å². The highest BCUT2D eigenvalue weighted by Crippen LogP contribution is 2.11. The van der Waals surface area contributed by atoms with Crippen molar-refractivity contribution in [3.63, 3.8) is 0 Å². The molecule has 0 radical (unpaired) electrons. The number of halogens is 1. The molecule has 0 bridgehead atoms. The summed E-state index contributed by atoms with van der Waals surface area (Å²) in [5.74, 6) is 0. The smallest absolute Gasteiger partial charge is 0.207 e. The van der Waals surface area contributed by atoms with Crippen molar-refractivity contribution in [2.24, 2.45) is 0 Å². The second-order valence-electron chi connectivity index (χ2n) is 2.58. The molecular weight excluding hydrogens is 196 g/mol. The second-order valence-corrected chi connectivity index (χ2v) is 5.32. The van der Waals surface area contributed by atoms with Crippen LogP contribution in [0.25, 0.3) is 0 Å². The van der Waals surface area contributed by atoms with Crippen LogP contribution in [-0.2, 0) is 9.05 Å². The van der Waals surface area contributed by atoms with Crippen molar-refractivity contribution >= 4 is 19.7 Å². The average molecular weight is 209 g/mol. The first kappa shape index (κ1) is 11.7. The first-order valence-corrected chi connectivity index (χ1v) is 5.97. The molecule has 0 saturated carbocycles. The van der Waals surface area contributed by atoms with Crippen LogP contribution in [0.4, 0.5) is 0 Å². The predicted octanol–water partition coefficient (Wildman–Crippen LogP) is 2.82. The Morgan fingerprint density at radius 2 is 1.83 bits per heavy atom. The highest BCUT2D eigenvalue weighted by molar-refractivity contribution is 8.16. The van der Waals surface area contributed by atoms with Gasteiger partial charge < -0.3 is 0 Å². The maximum Gasteiger partial charge on any atom is 0.257 e. The Kier molecular flexibility index (Phi) is 4.57. The van der Waals surface area contributed by atoms with E-state index in [0.29, 0.717) is 0 Å². The zero-order valence-corrected chi connectivity index (χ0v) is 9.04. The molecule has 0 aromatic carbocycles. The van der Waals surface area contributed by atoms with Crippen LogP contribution in [0.2, 0.25) is 0 Å². The fourth-order valence-electron chi connectivity index (χ4n) is 0.459. The van der Waals surface area contributed by atoms with E-state index in [4.69, 9.17) is 10.7 Å². The van der Waals surface area contributed by atoms with Gasteiger partial charge in [0, 0.05) is 10.7 Å². The number of rotatable bonds is 3. The Labute approximate surface area is 78.3 Å². The lowest BCUT2D eigenvalue weighted by atomic mass is 10.2. The van der Waals surface area contributed by atoms with E-state index in [9.17, 15) is 8.42 Å². The third-order valence-electron chi connectivity index (χ3n) is 1.54. The van der Waals surface area contributed by atoms with Crippen molar-refractivity contribution in [3.05, 3.63) is 22.6 Å². The molecule has 4 heteroatoms. The SMILES string of the molecule is CC/C(C)=C\C=C(/C)S(=O)(=O)Cl. The normalized spacial score (nSPS) is 15.0. The van der Waals surface area contributed by atoms with Gasteiger partial charge in [-0.25, -0.2) is 8.42 Å². The average Bonchev–Trinajstić information content (AvgIpc) is 1.97. The monoisotopic (exact) mass is 208 g/mol. The summed E-state index contributed by atoms with van der Waals surface area (Å²) in [5.41, 5.74) is 1.12. The molecule has 0 N–H and O–H groups in total. The molecule has 12 heavy (non-hydrogen) atoms. The minimum absolute atomic E-state index is 0.178. The summed E-state index contributed by atoms with van der Waals surface area (Å²) in [6.07, 6.45) is 4.18. The van der Waals surface area contributed by atoms with Gasteiger partial charge in [0.2, 0.25) is 0 Å². The lowest BCUT2D eigenvalue weighted by Crippen LogP contribution is -1.88. The molecule has 0 saturated heterocycles. The van der Waals surface area contributed by atoms with Crippen LogP contribution in [0.15, 0.2) is 22.6 Å². The molecule has 0 unspecified atom stereocenters. The van der Waals surface area contributed by atoms with Crippen molar-refractivity contribution in [1.29, 1.82) is 0 Å². The Hall–Kier alpha value is -0.280. The molecule has 2 nitrogen and oxygen atoms in total. The fraction of sp³-hybridized carbons (Fsp3) is 0.500. The molecule has 0 heterocycles. The van der Waals surface area contributed by atoms with E-state index in [2.05, 4.69) is 0 Å². The molecular formula is C8H13ClO2S. The molecule has 0 aromatic rings. The molecule has 0 aliphatic carbocycles. The molecule has 0 fully saturated rings. The molecule has 0 amide bonds. The Bertz CT molecular complexity index is 299. The van der Waals surface area contributed by atoms with E-state index in [1.807, 2.05) is 13.8 Å². The first-order valence-electron chi connectivity index (χ1n) is 3.66. The van der Waals surface area contributed by atoms with E-state index < -0.39 is 9.05 Å². The summed E-state index contributed by atoms with van der Waals surface area (Å²) in [7, 11) is 1.57. The van der Waals surface area contributed by atoms with Crippen molar-refractivity contribution in [3.8, 4) is 0 Å². The Morgan fingerprint density at radius 1 is 1.33 bits per heavy atom. The quantitative estimate of drug-likeness (QED) is 0.528. The summed E-state index contributed by atoms with van der Waals surface area (Å²) >= 11 is 0. The van der Waals surface area contributed by atoms with Gasteiger partial charge in [-0.15, -0.1) is 0 Å². The number of hydrogen-bond acceptors (Lipinski definition) is 2. The van der Waals surface area contributed by atoms with Gasteiger partial charge >= 0.3 is 0 Å². The lowest BCUT2D eigenvalue weighted by molar-refractivity contribution is 0.615. The zero-order chi connectivity index (χ0) is 9.78. The summed E-state index contributed by atoms with van der Waals surface area (Å²) in [6, 6.07) is 0. The fourth-order valence-corrected chi connectivity index (χ4v) is 0.844. The highest BCUT2D eigenvalue weighted by atomic mass is 35.7. The van der Waals surface area contributed by atoms with Crippen LogP contribution in [0.3, 0.4) is 0 Å². The molecule has 0 aliphatic heterocycles. The standard InChI is InChI=1S/C8H13ClO2S/c1-4-7(2)5-6-8(3)12(9,10)11/h5-6H,4H2,1-3H3/b7-5-,8-6+. The third kappa shape index (κ3) is 4.57. The molecule has 0 rings (SSSR count). The van der Waals surface area contributed by atoms with Gasteiger partial charge in [0.05, 0.1) is 4.91 Å². The van der Waals surface area contributed by atoms with Gasteiger partial charge in [0.15, 0.2) is 0 Å². The lowest BCUT2D eigenvalue weighted by Gasteiger charge is -1.93. The largest absolute Gasteiger partial charge is 0.257 e. The van der Waals surface area contributed by atoms with Crippen molar-refractivity contribution in [2.45, 2.75) is 27.2 Å². The first-order chi connectivity index (χ1) is 5.38. The maximum atomic E-state index is 10.7. The Balaban J connectivity index is 4.62. The molecule has 0 aromatic heterocycles. The summed E-state index contributed by atoms with van der Waals surface area (Å²) in [4.78, 5) is 0.178. The van der Waals surface area contributed by atoms with Crippen LogP contribution in [0, 0.1) is 0 Å². The minimum atomic E-state index is -3.52. The van der Waals surface area contributed by atoms with E-state index in [0.717, 1.165) is 12.0 Å². The van der Waals surface area contributed by atoms with E-state index in [1.165, 1.54) is 13.0 Å². The molecule has 70 valence electrons. The van der Waals surface area contributed by atoms with Gasteiger partial charge in [-0.3, -0.25) is 0 Å². The van der Waals surface area contributed by atoms with Gasteiger partial charge in [0.1, 0.15) is 0 Å². The molecule has 0 aliphatic rings. The minimum Gasteiger partial charge on any atom is -0.207 e. The van der Waals surface area contributed by atoms with E-state index in [-0.39, 0.29) is 4.91 Å². The van der Waals surface area contributed by atoms with Gasteiger partial charge in [-0.05, 0) is 26.3 Å². The highest BCUT2D eigenvalue weighted by Gasteiger charge is 2.05. The van der Waals surface area contributed by atoms with Gasteiger partial charge in [-0.2, -0.15) is 0 Å².